The van der Waals surface area contributed by atoms with Crippen molar-refractivity contribution >= 4 is 5.57 Å². The average molecular weight is 276 g/mol. The van der Waals surface area contributed by atoms with E-state index in [-0.39, 0.29) is 5.83 Å². The highest BCUT2D eigenvalue weighted by molar-refractivity contribution is 5.71. The van der Waals surface area contributed by atoms with Gasteiger partial charge < -0.3 is 5.11 Å². The predicted molar refractivity (Wildman–Crippen MR) is 82.0 cm³/mol. The molecule has 0 fully saturated rings. The Kier molecular flexibility index (Phi) is 5.36. The van der Waals surface area contributed by atoms with E-state index in [0.717, 1.165) is 48.8 Å². The largest absolute Gasteiger partial charge is 0.388 e. The molecule has 0 saturated heterocycles. The summed E-state index contributed by atoms with van der Waals surface area (Å²) < 4.78 is 13.8. The molecule has 1 nitrogen and oxygen atoms in total. The molecule has 1 N–H and O–H groups in total. The Balaban J connectivity index is 2.05. The van der Waals surface area contributed by atoms with Gasteiger partial charge in [-0.1, -0.05) is 57.4 Å². The van der Waals surface area contributed by atoms with Crippen molar-refractivity contribution in [3.05, 3.63) is 41.2 Å². The highest BCUT2D eigenvalue weighted by Gasteiger charge is 2.23. The molecular formula is C18H25FO. The zero-order valence-corrected chi connectivity index (χ0v) is 12.5. The summed E-state index contributed by atoms with van der Waals surface area (Å²) in [6.45, 7) is 4.24. The number of aliphatic hydroxyl groups is 1. The summed E-state index contributed by atoms with van der Waals surface area (Å²) in [5, 5.41) is 10.1. The van der Waals surface area contributed by atoms with Crippen molar-refractivity contribution in [2.45, 2.75) is 58.5 Å². The molecule has 0 heterocycles. The fourth-order valence-electron chi connectivity index (χ4n) is 2.97. The van der Waals surface area contributed by atoms with E-state index in [1.807, 2.05) is 24.3 Å². The van der Waals surface area contributed by atoms with Gasteiger partial charge in [0.15, 0.2) is 0 Å². The standard InChI is InChI=1S/C18H25FO/c1-3-4-5-6-17(20)14-8-10-15(11-9-14)18-13(2)7-12-16(18)19/h8-11,13,17,20H,3-7,12H2,1-2H3. The summed E-state index contributed by atoms with van der Waals surface area (Å²) in [6, 6.07) is 7.79. The summed E-state index contributed by atoms with van der Waals surface area (Å²) in [5.41, 5.74) is 2.77. The number of halogens is 1. The molecule has 110 valence electrons. The highest BCUT2D eigenvalue weighted by Crippen LogP contribution is 2.39. The number of unbranched alkanes of at least 4 members (excludes halogenated alkanes) is 2. The van der Waals surface area contributed by atoms with Gasteiger partial charge in [-0.05, 0) is 35.5 Å². The van der Waals surface area contributed by atoms with Crippen LogP contribution in [0.5, 0.6) is 0 Å². The first kappa shape index (κ1) is 15.2. The molecule has 0 aromatic heterocycles. The number of aliphatic hydroxyl groups excluding tert-OH is 1. The molecule has 2 heteroatoms. The van der Waals surface area contributed by atoms with Crippen LogP contribution < -0.4 is 0 Å². The zero-order chi connectivity index (χ0) is 14.5. The van der Waals surface area contributed by atoms with Crippen LogP contribution >= 0.6 is 0 Å². The van der Waals surface area contributed by atoms with Crippen LogP contribution in [0, 0.1) is 5.92 Å². The topological polar surface area (TPSA) is 20.2 Å². The SMILES string of the molecule is CCCCCC(O)c1ccc(C2=C(F)CCC2C)cc1. The highest BCUT2D eigenvalue weighted by atomic mass is 19.1. The summed E-state index contributed by atoms with van der Waals surface area (Å²) >= 11 is 0. The Bertz CT molecular complexity index is 461. The number of hydrogen-bond acceptors (Lipinski definition) is 1. The van der Waals surface area contributed by atoms with E-state index in [1.54, 1.807) is 0 Å². The Labute approximate surface area is 121 Å². The van der Waals surface area contributed by atoms with Crippen molar-refractivity contribution in [2.75, 3.05) is 0 Å². The lowest BCUT2D eigenvalue weighted by atomic mass is 9.94. The van der Waals surface area contributed by atoms with Crippen molar-refractivity contribution in [1.29, 1.82) is 0 Å². The van der Waals surface area contributed by atoms with Crippen molar-refractivity contribution in [2.24, 2.45) is 5.92 Å². The van der Waals surface area contributed by atoms with Gasteiger partial charge in [-0.25, -0.2) is 4.39 Å². The third-order valence-corrected chi connectivity index (χ3v) is 4.27. The van der Waals surface area contributed by atoms with E-state index >= 15 is 0 Å². The second kappa shape index (κ2) is 7.03. The molecule has 20 heavy (non-hydrogen) atoms. The van der Waals surface area contributed by atoms with Crippen LogP contribution in [0.15, 0.2) is 30.1 Å². The maximum atomic E-state index is 13.8. The van der Waals surface area contributed by atoms with Crippen LogP contribution in [0.2, 0.25) is 0 Å². The monoisotopic (exact) mass is 276 g/mol. The number of rotatable bonds is 6. The maximum Gasteiger partial charge on any atom is 0.104 e. The summed E-state index contributed by atoms with van der Waals surface area (Å²) in [4.78, 5) is 0. The van der Waals surface area contributed by atoms with Crippen LogP contribution in [0.25, 0.3) is 5.57 Å². The normalized spacial score (nSPS) is 20.5. The Morgan fingerprint density at radius 3 is 2.50 bits per heavy atom. The van der Waals surface area contributed by atoms with Gasteiger partial charge in [0.2, 0.25) is 0 Å². The molecule has 2 rings (SSSR count). The maximum absolute atomic E-state index is 13.8. The molecule has 1 aliphatic rings. The smallest absolute Gasteiger partial charge is 0.104 e. The fraction of sp³-hybridized carbons (Fsp3) is 0.556. The van der Waals surface area contributed by atoms with Gasteiger partial charge in [0, 0.05) is 6.42 Å². The van der Waals surface area contributed by atoms with Crippen molar-refractivity contribution < 1.29 is 9.50 Å². The zero-order valence-electron chi connectivity index (χ0n) is 12.5. The minimum atomic E-state index is -0.393. The van der Waals surface area contributed by atoms with E-state index < -0.39 is 6.10 Å². The second-order valence-corrected chi connectivity index (χ2v) is 5.89. The Hall–Kier alpha value is -1.15. The molecule has 2 atom stereocenters. The number of benzene rings is 1. The third kappa shape index (κ3) is 3.49. The van der Waals surface area contributed by atoms with Gasteiger partial charge in [0.05, 0.1) is 6.10 Å². The molecule has 0 saturated carbocycles. The molecule has 2 unspecified atom stereocenters. The van der Waals surface area contributed by atoms with Crippen molar-refractivity contribution in [3.63, 3.8) is 0 Å². The van der Waals surface area contributed by atoms with E-state index in [9.17, 15) is 9.50 Å². The van der Waals surface area contributed by atoms with Crippen LogP contribution in [0.1, 0.15) is 69.6 Å². The summed E-state index contributed by atoms with van der Waals surface area (Å²) in [6.07, 6.45) is 5.26. The summed E-state index contributed by atoms with van der Waals surface area (Å²) in [7, 11) is 0. The van der Waals surface area contributed by atoms with Gasteiger partial charge in [-0.3, -0.25) is 0 Å². The van der Waals surface area contributed by atoms with E-state index in [4.69, 9.17) is 0 Å². The summed E-state index contributed by atoms with van der Waals surface area (Å²) in [5.74, 6) is 0.337. The van der Waals surface area contributed by atoms with Crippen LogP contribution in [0.4, 0.5) is 4.39 Å². The second-order valence-electron chi connectivity index (χ2n) is 5.89. The molecule has 0 spiro atoms. The minimum absolute atomic E-state index is 0.0359. The van der Waals surface area contributed by atoms with Gasteiger partial charge >= 0.3 is 0 Å². The molecule has 0 bridgehead atoms. The lowest BCUT2D eigenvalue weighted by Gasteiger charge is -2.13. The van der Waals surface area contributed by atoms with Gasteiger partial charge in [-0.15, -0.1) is 0 Å². The lowest BCUT2D eigenvalue weighted by Crippen LogP contribution is -1.99. The van der Waals surface area contributed by atoms with Crippen LogP contribution in [-0.4, -0.2) is 5.11 Å². The van der Waals surface area contributed by atoms with Crippen LogP contribution in [0.3, 0.4) is 0 Å². The van der Waals surface area contributed by atoms with E-state index in [0.29, 0.717) is 12.3 Å². The van der Waals surface area contributed by atoms with Crippen molar-refractivity contribution in [3.8, 4) is 0 Å². The van der Waals surface area contributed by atoms with Gasteiger partial charge in [0.1, 0.15) is 5.83 Å². The quantitative estimate of drug-likeness (QED) is 0.689. The third-order valence-electron chi connectivity index (χ3n) is 4.27. The van der Waals surface area contributed by atoms with E-state index in [2.05, 4.69) is 13.8 Å². The molecular weight excluding hydrogens is 251 g/mol. The molecule has 0 amide bonds. The lowest BCUT2D eigenvalue weighted by molar-refractivity contribution is 0.163. The molecule has 0 radical (unpaired) electrons. The molecule has 0 aliphatic heterocycles. The minimum Gasteiger partial charge on any atom is -0.388 e. The number of hydrogen-bond donors (Lipinski definition) is 1. The first-order chi connectivity index (χ1) is 9.63. The first-order valence-electron chi connectivity index (χ1n) is 7.80. The fourth-order valence-corrected chi connectivity index (χ4v) is 2.97. The van der Waals surface area contributed by atoms with Crippen molar-refractivity contribution in [1.82, 2.24) is 0 Å². The Morgan fingerprint density at radius 1 is 1.25 bits per heavy atom. The average Bonchev–Trinajstić information content (AvgIpc) is 2.78. The molecule has 1 aliphatic carbocycles. The van der Waals surface area contributed by atoms with E-state index in [1.165, 1.54) is 0 Å². The Morgan fingerprint density at radius 2 is 1.95 bits per heavy atom. The van der Waals surface area contributed by atoms with Gasteiger partial charge in [-0.2, -0.15) is 0 Å². The molecule has 1 aromatic rings. The number of allylic oxidation sites excluding steroid dienone is 2. The van der Waals surface area contributed by atoms with Gasteiger partial charge in [0.25, 0.3) is 0 Å². The predicted octanol–water partition coefficient (Wildman–Crippen LogP) is 5.41. The molecule has 1 aromatic carbocycles. The van der Waals surface area contributed by atoms with Crippen LogP contribution in [-0.2, 0) is 0 Å². The first-order valence-corrected chi connectivity index (χ1v) is 7.80.